The number of aryl methyl sites for hydroxylation is 1. The highest BCUT2D eigenvalue weighted by Crippen LogP contribution is 2.28. The number of nitrogens with one attached hydrogen (secondary N) is 1. The fourth-order valence-corrected chi connectivity index (χ4v) is 4.49. The van der Waals surface area contributed by atoms with E-state index < -0.39 is 18.2 Å². The molecule has 1 aromatic carbocycles. The number of nitrogens with zero attached hydrogens (tertiary/aromatic N) is 2. The molecule has 1 fully saturated rings. The Bertz CT molecular complexity index is 896. The van der Waals surface area contributed by atoms with Gasteiger partial charge in [0.1, 0.15) is 6.04 Å². The molecule has 8 heteroatoms. The van der Waals surface area contributed by atoms with Gasteiger partial charge in [-0.25, -0.2) is 4.98 Å². The van der Waals surface area contributed by atoms with Gasteiger partial charge < -0.3 is 21.1 Å². The molecular formula is C22H30N4O3S. The van der Waals surface area contributed by atoms with E-state index in [1.807, 2.05) is 57.5 Å². The Morgan fingerprint density at radius 2 is 1.93 bits per heavy atom. The molecular weight excluding hydrogens is 400 g/mol. The minimum absolute atomic E-state index is 0.0430. The largest absolute Gasteiger partial charge is 0.391 e. The summed E-state index contributed by atoms with van der Waals surface area (Å²) in [5.74, 6) is -0.608. The molecule has 2 heterocycles. The minimum atomic E-state index is -0.721. The summed E-state index contributed by atoms with van der Waals surface area (Å²) >= 11 is 1.60. The summed E-state index contributed by atoms with van der Waals surface area (Å²) in [6.07, 6.45) is -0.500. The Morgan fingerprint density at radius 1 is 1.27 bits per heavy atom. The smallest absolute Gasteiger partial charge is 0.243 e. The Labute approximate surface area is 181 Å². The van der Waals surface area contributed by atoms with Crippen molar-refractivity contribution in [3.05, 3.63) is 41.0 Å². The molecule has 0 bridgehead atoms. The molecule has 4 atom stereocenters. The van der Waals surface area contributed by atoms with Gasteiger partial charge in [-0.1, -0.05) is 38.1 Å². The van der Waals surface area contributed by atoms with Crippen molar-refractivity contribution in [2.45, 2.75) is 58.3 Å². The number of aliphatic hydroxyl groups excluding tert-OH is 1. The van der Waals surface area contributed by atoms with E-state index in [0.717, 1.165) is 21.7 Å². The Hall–Kier alpha value is -2.29. The van der Waals surface area contributed by atoms with E-state index in [1.165, 1.54) is 4.90 Å². The lowest BCUT2D eigenvalue weighted by atomic mass is 10.0. The van der Waals surface area contributed by atoms with E-state index in [4.69, 9.17) is 5.73 Å². The van der Waals surface area contributed by atoms with Crippen LogP contribution in [0.2, 0.25) is 0 Å². The highest BCUT2D eigenvalue weighted by Gasteiger charge is 2.41. The maximum atomic E-state index is 12.9. The Morgan fingerprint density at radius 3 is 2.50 bits per heavy atom. The van der Waals surface area contributed by atoms with Crippen LogP contribution >= 0.6 is 11.3 Å². The van der Waals surface area contributed by atoms with Crippen LogP contribution in [0.4, 0.5) is 0 Å². The van der Waals surface area contributed by atoms with E-state index in [-0.39, 0.29) is 36.7 Å². The molecule has 1 aromatic heterocycles. The topological polar surface area (TPSA) is 109 Å². The lowest BCUT2D eigenvalue weighted by molar-refractivity contribution is -0.140. The first kappa shape index (κ1) is 22.4. The predicted molar refractivity (Wildman–Crippen MR) is 118 cm³/mol. The second-order valence-corrected chi connectivity index (χ2v) is 9.14. The van der Waals surface area contributed by atoms with Crippen LogP contribution in [0.5, 0.6) is 0 Å². The van der Waals surface area contributed by atoms with Gasteiger partial charge >= 0.3 is 0 Å². The lowest BCUT2D eigenvalue weighted by Gasteiger charge is -2.28. The first-order valence-electron chi connectivity index (χ1n) is 10.2. The summed E-state index contributed by atoms with van der Waals surface area (Å²) < 4.78 is 0. The number of carbonyl (C=O) groups excluding carboxylic acids is 2. The van der Waals surface area contributed by atoms with Crippen LogP contribution in [0, 0.1) is 12.8 Å². The van der Waals surface area contributed by atoms with Gasteiger partial charge in [0.2, 0.25) is 11.8 Å². The van der Waals surface area contributed by atoms with Crippen LogP contribution in [-0.2, 0) is 9.59 Å². The average Bonchev–Trinajstić information content (AvgIpc) is 3.32. The van der Waals surface area contributed by atoms with Gasteiger partial charge in [0.25, 0.3) is 0 Å². The fraction of sp³-hybridized carbons (Fsp3) is 0.500. The number of carbonyl (C=O) groups is 2. The molecule has 4 N–H and O–H groups in total. The van der Waals surface area contributed by atoms with Crippen LogP contribution in [0.15, 0.2) is 29.8 Å². The number of amides is 2. The molecule has 2 amide bonds. The highest BCUT2D eigenvalue weighted by molar-refractivity contribution is 7.13. The summed E-state index contributed by atoms with van der Waals surface area (Å²) in [5, 5.41) is 13.0. The van der Waals surface area contributed by atoms with Crippen molar-refractivity contribution in [1.29, 1.82) is 0 Å². The van der Waals surface area contributed by atoms with E-state index in [1.54, 1.807) is 11.3 Å². The molecule has 3 rings (SSSR count). The van der Waals surface area contributed by atoms with Crippen molar-refractivity contribution in [3.63, 3.8) is 0 Å². The summed E-state index contributed by atoms with van der Waals surface area (Å²) in [6, 6.07) is 6.39. The monoisotopic (exact) mass is 430 g/mol. The normalized spacial score (nSPS) is 21.0. The first-order valence-corrected chi connectivity index (χ1v) is 11.1. The molecule has 162 valence electrons. The molecule has 0 spiro atoms. The number of likely N-dealkylation sites (tertiary alicyclic amines) is 1. The van der Waals surface area contributed by atoms with Crippen molar-refractivity contribution < 1.29 is 14.7 Å². The van der Waals surface area contributed by atoms with Crippen molar-refractivity contribution in [1.82, 2.24) is 15.2 Å². The third kappa shape index (κ3) is 4.71. The second kappa shape index (κ2) is 9.24. The molecule has 2 unspecified atom stereocenters. The zero-order valence-corrected chi connectivity index (χ0v) is 18.6. The third-order valence-corrected chi connectivity index (χ3v) is 6.62. The number of β-amino-alcohol motifs (C(OH)–C–C–N with tert-alkyl or cyclic N) is 1. The van der Waals surface area contributed by atoms with Gasteiger partial charge in [0.05, 0.1) is 34.3 Å². The molecule has 7 nitrogen and oxygen atoms in total. The van der Waals surface area contributed by atoms with Crippen molar-refractivity contribution in [3.8, 4) is 10.4 Å². The van der Waals surface area contributed by atoms with Crippen LogP contribution in [-0.4, -0.2) is 51.5 Å². The highest BCUT2D eigenvalue weighted by atomic mass is 32.1. The maximum absolute atomic E-state index is 12.9. The zero-order valence-electron chi connectivity index (χ0n) is 17.8. The van der Waals surface area contributed by atoms with Gasteiger partial charge in [0.15, 0.2) is 0 Å². The third-order valence-electron chi connectivity index (χ3n) is 5.65. The number of thiazole rings is 1. The predicted octanol–water partition coefficient (Wildman–Crippen LogP) is 2.24. The van der Waals surface area contributed by atoms with Crippen LogP contribution in [0.1, 0.15) is 44.5 Å². The SMILES string of the molecule is Cc1ncsc1-c1ccc(C(C)NC(=O)[C@@H]2C[C@@H](O)CN2C(=O)C(N)C(C)C)cc1. The second-order valence-electron chi connectivity index (χ2n) is 8.28. The zero-order chi connectivity index (χ0) is 22.0. The number of rotatable bonds is 6. The molecule has 2 aromatic rings. The summed E-state index contributed by atoms with van der Waals surface area (Å²) in [7, 11) is 0. The van der Waals surface area contributed by atoms with Crippen LogP contribution in [0.25, 0.3) is 10.4 Å². The van der Waals surface area contributed by atoms with Crippen molar-refractivity contribution in [2.24, 2.45) is 11.7 Å². The standard InChI is InChI=1S/C22H30N4O3S/c1-12(2)19(23)22(29)26-10-17(27)9-18(26)21(28)25-13(3)15-5-7-16(8-6-15)20-14(4)24-11-30-20/h5-8,11-13,17-19,27H,9-10,23H2,1-4H3,(H,25,28)/t13?,17-,18+,19?/m1/s1. The van der Waals surface area contributed by atoms with E-state index >= 15 is 0 Å². The fourth-order valence-electron chi connectivity index (χ4n) is 3.68. The minimum Gasteiger partial charge on any atom is -0.391 e. The number of aromatic nitrogens is 1. The average molecular weight is 431 g/mol. The molecule has 1 aliphatic heterocycles. The van der Waals surface area contributed by atoms with Gasteiger partial charge in [-0.05, 0) is 30.9 Å². The molecule has 0 aliphatic carbocycles. The number of hydrogen-bond donors (Lipinski definition) is 3. The first-order chi connectivity index (χ1) is 14.2. The molecule has 30 heavy (non-hydrogen) atoms. The van der Waals surface area contributed by atoms with Crippen LogP contribution < -0.4 is 11.1 Å². The number of aliphatic hydroxyl groups is 1. The van der Waals surface area contributed by atoms with E-state index in [0.29, 0.717) is 0 Å². The van der Waals surface area contributed by atoms with Crippen LogP contribution in [0.3, 0.4) is 0 Å². The van der Waals surface area contributed by atoms with Gasteiger partial charge in [-0.15, -0.1) is 11.3 Å². The molecule has 0 radical (unpaired) electrons. The maximum Gasteiger partial charge on any atom is 0.243 e. The van der Waals surface area contributed by atoms with Crippen molar-refractivity contribution in [2.75, 3.05) is 6.54 Å². The number of benzene rings is 1. The summed E-state index contributed by atoms with van der Waals surface area (Å²) in [5.41, 5.74) is 10.9. The lowest BCUT2D eigenvalue weighted by Crippen LogP contribution is -2.52. The van der Waals surface area contributed by atoms with Crippen molar-refractivity contribution >= 4 is 23.2 Å². The molecule has 1 saturated heterocycles. The molecule has 0 saturated carbocycles. The van der Waals surface area contributed by atoms with E-state index in [9.17, 15) is 14.7 Å². The summed E-state index contributed by atoms with van der Waals surface area (Å²) in [4.78, 5) is 32.4. The summed E-state index contributed by atoms with van der Waals surface area (Å²) in [6.45, 7) is 7.75. The Balaban J connectivity index is 1.68. The molecule has 1 aliphatic rings. The van der Waals surface area contributed by atoms with Gasteiger partial charge in [0, 0.05) is 13.0 Å². The van der Waals surface area contributed by atoms with Gasteiger partial charge in [-0.2, -0.15) is 0 Å². The number of nitrogens with two attached hydrogens (primary N) is 1. The quantitative estimate of drug-likeness (QED) is 0.651. The van der Waals surface area contributed by atoms with E-state index in [2.05, 4.69) is 10.3 Å². The number of hydrogen-bond acceptors (Lipinski definition) is 6. The Kier molecular flexibility index (Phi) is 6.90. The van der Waals surface area contributed by atoms with Gasteiger partial charge in [-0.3, -0.25) is 9.59 Å².